The summed E-state index contributed by atoms with van der Waals surface area (Å²) < 4.78 is 0. The van der Waals surface area contributed by atoms with Crippen molar-refractivity contribution in [1.29, 1.82) is 0 Å². The molecule has 0 amide bonds. The van der Waals surface area contributed by atoms with Gasteiger partial charge in [0.15, 0.2) is 0 Å². The Kier molecular flexibility index (Phi) is 4.87. The maximum atomic E-state index is 3.94. The molecule has 2 bridgehead atoms. The van der Waals surface area contributed by atoms with Crippen molar-refractivity contribution in [2.75, 3.05) is 46.3 Å². The molecule has 22 heavy (non-hydrogen) atoms. The monoisotopic (exact) mass is 307 g/mol. The molecule has 0 spiro atoms. The maximum absolute atomic E-state index is 3.94. The average Bonchev–Trinajstić information content (AvgIpc) is 2.70. The summed E-state index contributed by atoms with van der Waals surface area (Å²) in [5.41, 5.74) is 1.07. The first-order valence-electron chi connectivity index (χ1n) is 9.58. The van der Waals surface area contributed by atoms with Crippen molar-refractivity contribution in [3.63, 3.8) is 0 Å². The molecule has 2 saturated carbocycles. The van der Waals surface area contributed by atoms with Gasteiger partial charge in [-0.25, -0.2) is 0 Å². The Bertz CT molecular complexity index is 381. The highest BCUT2D eigenvalue weighted by Crippen LogP contribution is 2.65. The molecule has 3 aliphatic rings. The second kappa shape index (κ2) is 6.41. The summed E-state index contributed by atoms with van der Waals surface area (Å²) in [7, 11) is 2.25. The van der Waals surface area contributed by atoms with Crippen LogP contribution < -0.4 is 5.32 Å². The van der Waals surface area contributed by atoms with Crippen LogP contribution >= 0.6 is 0 Å². The summed E-state index contributed by atoms with van der Waals surface area (Å²) >= 11 is 0. The molecule has 0 aromatic rings. The van der Waals surface area contributed by atoms with Crippen molar-refractivity contribution >= 4 is 0 Å². The summed E-state index contributed by atoms with van der Waals surface area (Å²) in [6, 6.07) is 0.761. The van der Waals surface area contributed by atoms with E-state index in [0.717, 1.165) is 12.0 Å². The van der Waals surface area contributed by atoms with E-state index in [1.807, 2.05) is 0 Å². The van der Waals surface area contributed by atoms with Crippen LogP contribution in [0.3, 0.4) is 0 Å². The van der Waals surface area contributed by atoms with E-state index in [-0.39, 0.29) is 0 Å². The predicted octanol–water partition coefficient (Wildman–Crippen LogP) is 2.82. The van der Waals surface area contributed by atoms with Crippen LogP contribution in [0.2, 0.25) is 0 Å². The SMILES string of the molecule is CN1CCCN(CCCN[C@H]2C[C@H]3CC[C@]2(C)C3(C)C)CC1. The Morgan fingerprint density at radius 3 is 2.59 bits per heavy atom. The smallest absolute Gasteiger partial charge is 0.0129 e. The lowest BCUT2D eigenvalue weighted by Crippen LogP contribution is -2.45. The quantitative estimate of drug-likeness (QED) is 0.788. The standard InChI is InChI=1S/C19H37N3/c1-18(2)16-7-8-19(18,3)17(15-16)20-9-5-11-22-12-6-10-21(4)13-14-22/h16-17,20H,5-15H2,1-4H3/t16-,17+,19+/m1/s1. The molecule has 0 unspecified atom stereocenters. The molecule has 3 nitrogen and oxygen atoms in total. The van der Waals surface area contributed by atoms with Crippen LogP contribution in [0.4, 0.5) is 0 Å². The topological polar surface area (TPSA) is 18.5 Å². The zero-order valence-corrected chi connectivity index (χ0v) is 15.3. The first-order chi connectivity index (χ1) is 10.4. The molecular formula is C19H37N3. The third-order valence-corrected chi connectivity index (χ3v) is 7.65. The summed E-state index contributed by atoms with van der Waals surface area (Å²) in [5.74, 6) is 0.955. The Morgan fingerprint density at radius 1 is 1.09 bits per heavy atom. The Labute approximate surface area is 137 Å². The average molecular weight is 308 g/mol. The number of rotatable bonds is 5. The van der Waals surface area contributed by atoms with E-state index < -0.39 is 0 Å². The minimum atomic E-state index is 0.531. The lowest BCUT2D eigenvalue weighted by Gasteiger charge is -2.39. The molecule has 3 fully saturated rings. The van der Waals surface area contributed by atoms with Crippen LogP contribution in [0, 0.1) is 16.7 Å². The molecule has 1 saturated heterocycles. The highest BCUT2D eigenvalue weighted by atomic mass is 15.2. The zero-order chi connectivity index (χ0) is 15.8. The molecule has 3 rings (SSSR count). The third-order valence-electron chi connectivity index (χ3n) is 7.65. The second-order valence-corrected chi connectivity index (χ2v) is 8.97. The van der Waals surface area contributed by atoms with Gasteiger partial charge in [-0.3, -0.25) is 0 Å². The molecule has 2 aliphatic carbocycles. The number of fused-ring (bicyclic) bond motifs is 2. The molecular weight excluding hydrogens is 270 g/mol. The molecule has 0 aromatic heterocycles. The van der Waals surface area contributed by atoms with Gasteiger partial charge < -0.3 is 15.1 Å². The highest BCUT2D eigenvalue weighted by molar-refractivity contribution is 5.12. The fourth-order valence-electron chi connectivity index (χ4n) is 5.41. The van der Waals surface area contributed by atoms with Crippen LogP contribution in [0.1, 0.15) is 52.9 Å². The van der Waals surface area contributed by atoms with Crippen molar-refractivity contribution in [2.24, 2.45) is 16.7 Å². The summed E-state index contributed by atoms with van der Waals surface area (Å²) in [6.45, 7) is 15.1. The molecule has 1 heterocycles. The van der Waals surface area contributed by atoms with Gasteiger partial charge in [0.1, 0.15) is 0 Å². The van der Waals surface area contributed by atoms with E-state index in [1.54, 1.807) is 0 Å². The second-order valence-electron chi connectivity index (χ2n) is 8.97. The fourth-order valence-corrected chi connectivity index (χ4v) is 5.41. The summed E-state index contributed by atoms with van der Waals surface area (Å²) in [5, 5.41) is 3.94. The van der Waals surface area contributed by atoms with Crippen LogP contribution in [-0.4, -0.2) is 62.2 Å². The molecule has 0 radical (unpaired) electrons. The number of nitrogens with zero attached hydrogens (tertiary/aromatic N) is 2. The van der Waals surface area contributed by atoms with E-state index in [2.05, 4.69) is 42.9 Å². The van der Waals surface area contributed by atoms with Crippen LogP contribution in [0.15, 0.2) is 0 Å². The molecule has 1 N–H and O–H groups in total. The van der Waals surface area contributed by atoms with Gasteiger partial charge >= 0.3 is 0 Å². The van der Waals surface area contributed by atoms with E-state index >= 15 is 0 Å². The highest BCUT2D eigenvalue weighted by Gasteiger charge is 2.60. The minimum Gasteiger partial charge on any atom is -0.313 e. The normalized spacial score (nSPS) is 39.3. The van der Waals surface area contributed by atoms with Crippen LogP contribution in [0.5, 0.6) is 0 Å². The first kappa shape index (κ1) is 16.7. The predicted molar refractivity (Wildman–Crippen MR) is 94.2 cm³/mol. The first-order valence-corrected chi connectivity index (χ1v) is 9.58. The van der Waals surface area contributed by atoms with Crippen molar-refractivity contribution in [1.82, 2.24) is 15.1 Å². The van der Waals surface area contributed by atoms with Crippen molar-refractivity contribution < 1.29 is 0 Å². The Hall–Kier alpha value is -0.120. The van der Waals surface area contributed by atoms with Gasteiger partial charge in [-0.2, -0.15) is 0 Å². The van der Waals surface area contributed by atoms with Gasteiger partial charge in [0.25, 0.3) is 0 Å². The van der Waals surface area contributed by atoms with Gasteiger partial charge in [-0.15, -0.1) is 0 Å². The minimum absolute atomic E-state index is 0.531. The maximum Gasteiger partial charge on any atom is 0.0129 e. The van der Waals surface area contributed by atoms with E-state index in [4.69, 9.17) is 0 Å². The Balaban J connectivity index is 1.39. The van der Waals surface area contributed by atoms with E-state index in [1.165, 1.54) is 71.4 Å². The number of hydrogen-bond donors (Lipinski definition) is 1. The largest absolute Gasteiger partial charge is 0.313 e. The summed E-state index contributed by atoms with van der Waals surface area (Å²) in [4.78, 5) is 5.13. The zero-order valence-electron chi connectivity index (χ0n) is 15.3. The lowest BCUT2D eigenvalue weighted by molar-refractivity contribution is 0.120. The Morgan fingerprint density at radius 2 is 1.91 bits per heavy atom. The molecule has 1 aliphatic heterocycles. The van der Waals surface area contributed by atoms with Gasteiger partial charge in [-0.1, -0.05) is 20.8 Å². The van der Waals surface area contributed by atoms with Gasteiger partial charge in [0, 0.05) is 19.1 Å². The third kappa shape index (κ3) is 2.97. The van der Waals surface area contributed by atoms with Crippen molar-refractivity contribution in [3.05, 3.63) is 0 Å². The van der Waals surface area contributed by atoms with Crippen LogP contribution in [0.25, 0.3) is 0 Å². The van der Waals surface area contributed by atoms with E-state index in [0.29, 0.717) is 10.8 Å². The van der Waals surface area contributed by atoms with Gasteiger partial charge in [0.2, 0.25) is 0 Å². The summed E-state index contributed by atoms with van der Waals surface area (Å²) in [6.07, 6.45) is 6.95. The van der Waals surface area contributed by atoms with E-state index in [9.17, 15) is 0 Å². The van der Waals surface area contributed by atoms with Crippen molar-refractivity contribution in [2.45, 2.75) is 58.9 Å². The van der Waals surface area contributed by atoms with Gasteiger partial charge in [-0.05, 0) is 82.1 Å². The fraction of sp³-hybridized carbons (Fsp3) is 1.00. The lowest BCUT2D eigenvalue weighted by atomic mass is 9.69. The molecule has 3 heteroatoms. The number of hydrogen-bond acceptors (Lipinski definition) is 3. The number of nitrogens with one attached hydrogen (secondary N) is 1. The molecule has 3 atom stereocenters. The molecule has 0 aromatic carbocycles. The number of likely N-dealkylation sites (N-methyl/N-ethyl adjacent to an activating group) is 1. The van der Waals surface area contributed by atoms with Gasteiger partial charge in [0.05, 0.1) is 0 Å². The van der Waals surface area contributed by atoms with Crippen LogP contribution in [-0.2, 0) is 0 Å². The molecule has 128 valence electrons. The van der Waals surface area contributed by atoms with Crippen molar-refractivity contribution in [3.8, 4) is 0 Å².